The van der Waals surface area contributed by atoms with Crippen LogP contribution in [0.2, 0.25) is 5.02 Å². The quantitative estimate of drug-likeness (QED) is 0.607. The van der Waals surface area contributed by atoms with Gasteiger partial charge in [0.1, 0.15) is 0 Å². The van der Waals surface area contributed by atoms with Gasteiger partial charge < -0.3 is 0 Å². The van der Waals surface area contributed by atoms with Crippen LogP contribution < -0.4 is 0 Å². The molecule has 0 aliphatic carbocycles. The summed E-state index contributed by atoms with van der Waals surface area (Å²) in [5, 5.41) is 0.874. The highest BCUT2D eigenvalue weighted by atomic mass is 35.5. The predicted molar refractivity (Wildman–Crippen MR) is 63.6 cm³/mol. The van der Waals surface area contributed by atoms with E-state index in [0.717, 1.165) is 17.0 Å². The van der Waals surface area contributed by atoms with Crippen LogP contribution in [-0.2, 0) is 6.42 Å². The zero-order chi connectivity index (χ0) is 9.56. The van der Waals surface area contributed by atoms with Gasteiger partial charge >= 0.3 is 0 Å². The van der Waals surface area contributed by atoms with Gasteiger partial charge in [0.15, 0.2) is 0 Å². The van der Waals surface area contributed by atoms with Gasteiger partial charge in [0, 0.05) is 5.02 Å². The Morgan fingerprint density at radius 1 is 1.23 bits per heavy atom. The summed E-state index contributed by atoms with van der Waals surface area (Å²) in [5.74, 6) is 0. The SMILES string of the molecule is C.CC.CCc1ccc(C)c(Cl)c1. The van der Waals surface area contributed by atoms with Crippen molar-refractivity contribution in [2.75, 3.05) is 0 Å². The highest BCUT2D eigenvalue weighted by Gasteiger charge is 1.94. The molecule has 1 rings (SSSR count). The van der Waals surface area contributed by atoms with E-state index in [4.69, 9.17) is 11.6 Å². The molecule has 0 nitrogen and oxygen atoms in total. The molecular weight excluding hydrogens is 180 g/mol. The van der Waals surface area contributed by atoms with Crippen LogP contribution >= 0.6 is 11.6 Å². The van der Waals surface area contributed by atoms with Crippen molar-refractivity contribution >= 4 is 11.6 Å². The van der Waals surface area contributed by atoms with Crippen molar-refractivity contribution in [2.45, 2.75) is 41.5 Å². The smallest absolute Gasteiger partial charge is 0.0437 e. The molecule has 1 aromatic rings. The number of hydrogen-bond acceptors (Lipinski definition) is 0. The average molecular weight is 201 g/mol. The van der Waals surface area contributed by atoms with Crippen LogP contribution in [0.5, 0.6) is 0 Å². The molecule has 0 aliphatic heterocycles. The monoisotopic (exact) mass is 200 g/mol. The van der Waals surface area contributed by atoms with Crippen molar-refractivity contribution in [1.29, 1.82) is 0 Å². The van der Waals surface area contributed by atoms with Gasteiger partial charge in [-0.2, -0.15) is 0 Å². The molecule has 0 atom stereocenters. The number of halogens is 1. The van der Waals surface area contributed by atoms with E-state index in [1.165, 1.54) is 5.56 Å². The second-order valence-corrected chi connectivity index (χ2v) is 2.84. The van der Waals surface area contributed by atoms with Gasteiger partial charge in [-0.25, -0.2) is 0 Å². The van der Waals surface area contributed by atoms with Crippen LogP contribution in [0.1, 0.15) is 39.3 Å². The first-order valence-corrected chi connectivity index (χ1v) is 4.87. The van der Waals surface area contributed by atoms with Crippen molar-refractivity contribution in [3.63, 3.8) is 0 Å². The standard InChI is InChI=1S/C9H11Cl.C2H6.CH4/c1-3-8-5-4-7(2)9(10)6-8;1-2;/h4-6H,3H2,1-2H3;1-2H3;1H4. The molecule has 0 aliphatic rings. The minimum absolute atomic E-state index is 0. The van der Waals surface area contributed by atoms with Gasteiger partial charge in [-0.3, -0.25) is 0 Å². The molecule has 0 aromatic heterocycles. The van der Waals surface area contributed by atoms with E-state index in [0.29, 0.717) is 0 Å². The Labute approximate surface area is 87.9 Å². The van der Waals surface area contributed by atoms with Crippen LogP contribution in [-0.4, -0.2) is 0 Å². The first kappa shape index (κ1) is 15.0. The summed E-state index contributed by atoms with van der Waals surface area (Å²) in [4.78, 5) is 0. The first-order valence-electron chi connectivity index (χ1n) is 4.49. The zero-order valence-corrected chi connectivity index (χ0v) is 9.07. The molecule has 0 amide bonds. The molecule has 1 heteroatoms. The fourth-order valence-corrected chi connectivity index (χ4v) is 1.06. The Hall–Kier alpha value is -0.490. The fraction of sp³-hybridized carbons (Fsp3) is 0.500. The number of hydrogen-bond donors (Lipinski definition) is 0. The van der Waals surface area contributed by atoms with Crippen LogP contribution in [0.25, 0.3) is 0 Å². The summed E-state index contributed by atoms with van der Waals surface area (Å²) in [6.07, 6.45) is 1.06. The van der Waals surface area contributed by atoms with E-state index in [1.807, 2.05) is 26.8 Å². The molecule has 0 saturated heterocycles. The maximum absolute atomic E-state index is 5.89. The van der Waals surface area contributed by atoms with E-state index < -0.39 is 0 Å². The lowest BCUT2D eigenvalue weighted by atomic mass is 10.1. The van der Waals surface area contributed by atoms with E-state index >= 15 is 0 Å². The van der Waals surface area contributed by atoms with Gasteiger partial charge in [-0.1, -0.05) is 51.9 Å². The Kier molecular flexibility index (Phi) is 9.38. The summed E-state index contributed by atoms with van der Waals surface area (Å²) in [6.45, 7) is 8.14. The fourth-order valence-electron chi connectivity index (χ4n) is 0.856. The highest BCUT2D eigenvalue weighted by molar-refractivity contribution is 6.31. The second-order valence-electron chi connectivity index (χ2n) is 2.44. The third-order valence-electron chi connectivity index (χ3n) is 1.64. The molecule has 1 aromatic carbocycles. The molecule has 0 unspecified atom stereocenters. The zero-order valence-electron chi connectivity index (χ0n) is 8.32. The molecule has 13 heavy (non-hydrogen) atoms. The van der Waals surface area contributed by atoms with Crippen molar-refractivity contribution in [2.24, 2.45) is 0 Å². The normalized spacial score (nSPS) is 8.08. The summed E-state index contributed by atoms with van der Waals surface area (Å²) >= 11 is 5.89. The Morgan fingerprint density at radius 3 is 2.15 bits per heavy atom. The predicted octanol–water partition coefficient (Wildman–Crippen LogP) is 4.87. The van der Waals surface area contributed by atoms with Gasteiger partial charge in [-0.05, 0) is 30.5 Å². The van der Waals surface area contributed by atoms with Gasteiger partial charge in [0.25, 0.3) is 0 Å². The van der Waals surface area contributed by atoms with Crippen LogP contribution in [0, 0.1) is 6.92 Å². The minimum atomic E-state index is 0. The summed E-state index contributed by atoms with van der Waals surface area (Å²) in [7, 11) is 0. The lowest BCUT2D eigenvalue weighted by Crippen LogP contribution is -1.80. The third kappa shape index (κ3) is 4.94. The minimum Gasteiger partial charge on any atom is -0.0840 e. The van der Waals surface area contributed by atoms with E-state index in [1.54, 1.807) is 0 Å². The van der Waals surface area contributed by atoms with Crippen molar-refractivity contribution in [1.82, 2.24) is 0 Å². The Morgan fingerprint density at radius 2 is 1.77 bits per heavy atom. The lowest BCUT2D eigenvalue weighted by Gasteiger charge is -1.99. The molecular formula is C12H21Cl. The van der Waals surface area contributed by atoms with E-state index in [-0.39, 0.29) is 7.43 Å². The largest absolute Gasteiger partial charge is 0.0840 e. The number of rotatable bonds is 1. The first-order chi connectivity index (χ1) is 5.74. The van der Waals surface area contributed by atoms with E-state index in [2.05, 4.69) is 19.1 Å². The molecule has 0 bridgehead atoms. The summed E-state index contributed by atoms with van der Waals surface area (Å²) in [5.41, 5.74) is 2.45. The molecule has 0 saturated carbocycles. The third-order valence-corrected chi connectivity index (χ3v) is 2.05. The number of benzene rings is 1. The Bertz CT molecular complexity index is 229. The van der Waals surface area contributed by atoms with Gasteiger partial charge in [0.2, 0.25) is 0 Å². The van der Waals surface area contributed by atoms with Crippen LogP contribution in [0.15, 0.2) is 18.2 Å². The summed E-state index contributed by atoms with van der Waals surface area (Å²) in [6, 6.07) is 6.19. The highest BCUT2D eigenvalue weighted by Crippen LogP contribution is 2.16. The lowest BCUT2D eigenvalue weighted by molar-refractivity contribution is 1.14. The molecule has 0 heterocycles. The molecule has 76 valence electrons. The summed E-state index contributed by atoms with van der Waals surface area (Å²) < 4.78 is 0. The maximum Gasteiger partial charge on any atom is 0.0437 e. The molecule has 0 spiro atoms. The van der Waals surface area contributed by atoms with Crippen molar-refractivity contribution < 1.29 is 0 Å². The molecule has 0 fully saturated rings. The van der Waals surface area contributed by atoms with Gasteiger partial charge in [0.05, 0.1) is 0 Å². The Balaban J connectivity index is 0. The van der Waals surface area contributed by atoms with E-state index in [9.17, 15) is 0 Å². The van der Waals surface area contributed by atoms with Crippen molar-refractivity contribution in [3.8, 4) is 0 Å². The molecule has 0 N–H and O–H groups in total. The van der Waals surface area contributed by atoms with Crippen LogP contribution in [0.3, 0.4) is 0 Å². The maximum atomic E-state index is 5.89. The van der Waals surface area contributed by atoms with Crippen LogP contribution in [0.4, 0.5) is 0 Å². The average Bonchev–Trinajstić information content (AvgIpc) is 2.13. The molecule has 0 radical (unpaired) electrons. The second kappa shape index (κ2) is 8.12. The van der Waals surface area contributed by atoms with Crippen molar-refractivity contribution in [3.05, 3.63) is 34.3 Å². The van der Waals surface area contributed by atoms with Gasteiger partial charge in [-0.15, -0.1) is 0 Å². The topological polar surface area (TPSA) is 0 Å². The number of aryl methyl sites for hydroxylation is 2.